The number of carbonyl (C=O) groups is 1. The summed E-state index contributed by atoms with van der Waals surface area (Å²) in [5.74, 6) is 0.123. The lowest BCUT2D eigenvalue weighted by Crippen LogP contribution is -2.15. The normalized spacial score (nSPS) is 14.8. The first-order chi connectivity index (χ1) is 13.1. The van der Waals surface area contributed by atoms with E-state index >= 15 is 0 Å². The lowest BCUT2D eigenvalue weighted by Gasteiger charge is -2.20. The second kappa shape index (κ2) is 7.36. The Labute approximate surface area is 156 Å². The van der Waals surface area contributed by atoms with Gasteiger partial charge in [-0.1, -0.05) is 18.2 Å². The summed E-state index contributed by atoms with van der Waals surface area (Å²) in [7, 11) is 0. The number of fused-ring (bicyclic) bond motifs is 2. The zero-order valence-corrected chi connectivity index (χ0v) is 14.7. The summed E-state index contributed by atoms with van der Waals surface area (Å²) in [5.41, 5.74) is 4.57. The highest BCUT2D eigenvalue weighted by Crippen LogP contribution is 2.33. The van der Waals surface area contributed by atoms with Gasteiger partial charge in [-0.2, -0.15) is 0 Å². The van der Waals surface area contributed by atoms with Crippen LogP contribution in [0.15, 0.2) is 30.3 Å². The number of benzene rings is 2. The molecule has 0 saturated heterocycles. The maximum absolute atomic E-state index is 12.3. The molecule has 0 aromatic heterocycles. The molecule has 7 nitrogen and oxygen atoms in total. The predicted molar refractivity (Wildman–Crippen MR) is 95.3 cm³/mol. The van der Waals surface area contributed by atoms with Gasteiger partial charge in [-0.05, 0) is 36.0 Å². The molecule has 1 heterocycles. The smallest absolute Gasteiger partial charge is 0.310 e. The van der Waals surface area contributed by atoms with Crippen molar-refractivity contribution in [2.24, 2.45) is 0 Å². The van der Waals surface area contributed by atoms with Crippen LogP contribution >= 0.6 is 0 Å². The average molecular weight is 369 g/mol. The highest BCUT2D eigenvalue weighted by atomic mass is 16.7. The monoisotopic (exact) mass is 369 g/mol. The Morgan fingerprint density at radius 2 is 2.00 bits per heavy atom. The highest BCUT2D eigenvalue weighted by Gasteiger charge is 2.22. The number of carbonyl (C=O) groups excluding carboxylic acids is 1. The fourth-order valence-corrected chi connectivity index (χ4v) is 3.60. The van der Waals surface area contributed by atoms with E-state index in [9.17, 15) is 14.9 Å². The summed E-state index contributed by atoms with van der Waals surface area (Å²) < 4.78 is 16.0. The Kier molecular flexibility index (Phi) is 4.77. The Morgan fingerprint density at radius 3 is 2.85 bits per heavy atom. The molecule has 4 rings (SSSR count). The van der Waals surface area contributed by atoms with Crippen molar-refractivity contribution in [2.45, 2.75) is 38.9 Å². The highest BCUT2D eigenvalue weighted by molar-refractivity contribution is 5.73. The van der Waals surface area contributed by atoms with E-state index in [1.165, 1.54) is 23.3 Å². The molecule has 140 valence electrons. The fraction of sp³-hybridized carbons (Fsp3) is 0.350. The van der Waals surface area contributed by atoms with Crippen LogP contribution in [0.5, 0.6) is 5.75 Å². The number of esters is 1. The van der Waals surface area contributed by atoms with E-state index in [-0.39, 0.29) is 38.1 Å². The standard InChI is InChI=1S/C20H19NO6/c22-19(7-13-4-5-14-2-1-3-15(14)6-13)26-11-17-9-18(21(23)24)8-16-10-25-12-27-20(16)17/h4-6,8-9H,1-3,7,10-12H2. The van der Waals surface area contributed by atoms with Gasteiger partial charge in [0.1, 0.15) is 12.4 Å². The molecule has 2 aliphatic rings. The summed E-state index contributed by atoms with van der Waals surface area (Å²) >= 11 is 0. The minimum Gasteiger partial charge on any atom is -0.467 e. The number of nitrogens with zero attached hydrogens (tertiary/aromatic N) is 1. The lowest BCUT2D eigenvalue weighted by atomic mass is 10.0. The van der Waals surface area contributed by atoms with Crippen LogP contribution in [0.4, 0.5) is 5.69 Å². The number of rotatable bonds is 5. The molecule has 7 heteroatoms. The largest absolute Gasteiger partial charge is 0.467 e. The number of nitro benzene ring substituents is 1. The van der Waals surface area contributed by atoms with Crippen LogP contribution in [0.2, 0.25) is 0 Å². The molecule has 0 spiro atoms. The molecule has 0 bridgehead atoms. The van der Waals surface area contributed by atoms with E-state index in [1.54, 1.807) is 0 Å². The topological polar surface area (TPSA) is 87.9 Å². The van der Waals surface area contributed by atoms with Crippen molar-refractivity contribution in [2.75, 3.05) is 6.79 Å². The van der Waals surface area contributed by atoms with Crippen LogP contribution < -0.4 is 4.74 Å². The minimum absolute atomic E-state index is 0.0703. The first kappa shape index (κ1) is 17.5. The SMILES string of the molecule is O=C(Cc1ccc2c(c1)CCC2)OCc1cc([N+](=O)[O-])cc2c1OCOC2. The first-order valence-corrected chi connectivity index (χ1v) is 8.87. The van der Waals surface area contributed by atoms with Crippen molar-refractivity contribution in [3.63, 3.8) is 0 Å². The molecular weight excluding hydrogens is 350 g/mol. The fourth-order valence-electron chi connectivity index (χ4n) is 3.60. The van der Waals surface area contributed by atoms with Gasteiger partial charge in [-0.3, -0.25) is 14.9 Å². The first-order valence-electron chi connectivity index (χ1n) is 8.87. The second-order valence-electron chi connectivity index (χ2n) is 6.75. The van der Waals surface area contributed by atoms with Crippen LogP contribution in [-0.2, 0) is 46.7 Å². The molecular formula is C20H19NO6. The number of hydrogen-bond acceptors (Lipinski definition) is 6. The van der Waals surface area contributed by atoms with Crippen molar-refractivity contribution < 1.29 is 23.9 Å². The van der Waals surface area contributed by atoms with Crippen LogP contribution in [0, 0.1) is 10.1 Å². The molecule has 2 aromatic carbocycles. The van der Waals surface area contributed by atoms with Crippen molar-refractivity contribution in [3.05, 3.63) is 68.3 Å². The van der Waals surface area contributed by atoms with Gasteiger partial charge < -0.3 is 14.2 Å². The Bertz CT molecular complexity index is 908. The van der Waals surface area contributed by atoms with Gasteiger partial charge in [-0.25, -0.2) is 0 Å². The van der Waals surface area contributed by atoms with E-state index in [0.29, 0.717) is 16.9 Å². The van der Waals surface area contributed by atoms with E-state index < -0.39 is 4.92 Å². The van der Waals surface area contributed by atoms with E-state index in [2.05, 4.69) is 12.1 Å². The van der Waals surface area contributed by atoms with Crippen LogP contribution in [0.1, 0.15) is 34.2 Å². The molecule has 0 radical (unpaired) electrons. The van der Waals surface area contributed by atoms with Gasteiger partial charge >= 0.3 is 5.97 Å². The van der Waals surface area contributed by atoms with Gasteiger partial charge in [0.15, 0.2) is 6.79 Å². The third-order valence-electron chi connectivity index (χ3n) is 4.88. The van der Waals surface area contributed by atoms with Gasteiger partial charge in [-0.15, -0.1) is 0 Å². The van der Waals surface area contributed by atoms with Gasteiger partial charge in [0, 0.05) is 23.3 Å². The predicted octanol–water partition coefficient (Wildman–Crippen LogP) is 3.24. The quantitative estimate of drug-likeness (QED) is 0.457. The molecule has 0 N–H and O–H groups in total. The molecule has 0 amide bonds. The number of nitro groups is 1. The van der Waals surface area contributed by atoms with Gasteiger partial charge in [0.05, 0.1) is 18.0 Å². The molecule has 1 aliphatic heterocycles. The van der Waals surface area contributed by atoms with Gasteiger partial charge in [0.25, 0.3) is 5.69 Å². The Hall–Kier alpha value is -2.93. The van der Waals surface area contributed by atoms with Crippen molar-refractivity contribution in [1.29, 1.82) is 0 Å². The summed E-state index contributed by atoms with van der Waals surface area (Å²) in [6, 6.07) is 8.91. The molecule has 2 aromatic rings. The summed E-state index contributed by atoms with van der Waals surface area (Å²) in [6.07, 6.45) is 3.48. The summed E-state index contributed by atoms with van der Waals surface area (Å²) in [4.78, 5) is 22.9. The molecule has 0 fully saturated rings. The lowest BCUT2D eigenvalue weighted by molar-refractivity contribution is -0.385. The van der Waals surface area contributed by atoms with Crippen LogP contribution in [0.25, 0.3) is 0 Å². The third-order valence-corrected chi connectivity index (χ3v) is 4.88. The van der Waals surface area contributed by atoms with Gasteiger partial charge in [0.2, 0.25) is 0 Å². The summed E-state index contributed by atoms with van der Waals surface area (Å²) in [5, 5.41) is 11.1. The van der Waals surface area contributed by atoms with E-state index in [0.717, 1.165) is 24.8 Å². The number of non-ortho nitro benzene ring substituents is 1. The van der Waals surface area contributed by atoms with Crippen LogP contribution in [0.3, 0.4) is 0 Å². The Balaban J connectivity index is 1.45. The minimum atomic E-state index is -0.481. The molecule has 0 unspecified atom stereocenters. The zero-order chi connectivity index (χ0) is 18.8. The number of hydrogen-bond donors (Lipinski definition) is 0. The average Bonchev–Trinajstić information content (AvgIpc) is 3.13. The van der Waals surface area contributed by atoms with E-state index in [1.807, 2.05) is 6.07 Å². The van der Waals surface area contributed by atoms with Crippen molar-refractivity contribution in [1.82, 2.24) is 0 Å². The number of aryl methyl sites for hydroxylation is 2. The zero-order valence-electron chi connectivity index (χ0n) is 14.7. The van der Waals surface area contributed by atoms with Crippen molar-refractivity contribution >= 4 is 11.7 Å². The molecule has 0 atom stereocenters. The van der Waals surface area contributed by atoms with E-state index in [4.69, 9.17) is 14.2 Å². The maximum Gasteiger partial charge on any atom is 0.310 e. The Morgan fingerprint density at radius 1 is 1.15 bits per heavy atom. The van der Waals surface area contributed by atoms with Crippen LogP contribution in [-0.4, -0.2) is 17.7 Å². The molecule has 0 saturated carbocycles. The second-order valence-corrected chi connectivity index (χ2v) is 6.75. The molecule has 1 aliphatic carbocycles. The van der Waals surface area contributed by atoms with Crippen molar-refractivity contribution in [3.8, 4) is 5.75 Å². The molecule has 27 heavy (non-hydrogen) atoms. The summed E-state index contributed by atoms with van der Waals surface area (Å²) in [6.45, 7) is 0.224. The number of ether oxygens (including phenoxy) is 3. The third kappa shape index (κ3) is 3.78. The maximum atomic E-state index is 12.3.